The zero-order valence-corrected chi connectivity index (χ0v) is 9.05. The Morgan fingerprint density at radius 1 is 1.57 bits per heavy atom. The molecule has 0 aromatic carbocycles. The Kier molecular flexibility index (Phi) is 3.48. The topological polar surface area (TPSA) is 52.0 Å². The maximum Gasteiger partial charge on any atom is 0.142 e. The maximum absolute atomic E-state index is 5.59. The standard InChI is InChI=1S/C10H16N2OS/c11-6-8-7-12-13-10(8)5-9-3-1-2-4-14-9/h7,9H,1-6,11H2. The van der Waals surface area contributed by atoms with E-state index in [0.717, 1.165) is 17.7 Å². The second kappa shape index (κ2) is 4.84. The van der Waals surface area contributed by atoms with Crippen molar-refractivity contribution in [1.29, 1.82) is 0 Å². The first kappa shape index (κ1) is 10.1. The van der Waals surface area contributed by atoms with Crippen molar-refractivity contribution in [2.24, 2.45) is 5.73 Å². The summed E-state index contributed by atoms with van der Waals surface area (Å²) in [4.78, 5) is 0. The van der Waals surface area contributed by atoms with Crippen LogP contribution in [0.15, 0.2) is 10.7 Å². The summed E-state index contributed by atoms with van der Waals surface area (Å²) < 4.78 is 5.21. The van der Waals surface area contributed by atoms with E-state index in [1.807, 2.05) is 0 Å². The van der Waals surface area contributed by atoms with Crippen molar-refractivity contribution in [3.05, 3.63) is 17.5 Å². The van der Waals surface area contributed by atoms with Crippen molar-refractivity contribution in [1.82, 2.24) is 5.16 Å². The molecule has 1 aromatic rings. The molecular weight excluding hydrogens is 196 g/mol. The lowest BCUT2D eigenvalue weighted by Crippen LogP contribution is -2.13. The fourth-order valence-corrected chi connectivity index (χ4v) is 3.10. The molecule has 0 spiro atoms. The van der Waals surface area contributed by atoms with Gasteiger partial charge in [0.25, 0.3) is 0 Å². The molecule has 2 rings (SSSR count). The molecule has 1 atom stereocenters. The summed E-state index contributed by atoms with van der Waals surface area (Å²) in [5.41, 5.74) is 6.66. The van der Waals surface area contributed by atoms with Gasteiger partial charge in [-0.3, -0.25) is 0 Å². The molecule has 2 heterocycles. The van der Waals surface area contributed by atoms with Crippen LogP contribution in [0.25, 0.3) is 0 Å². The molecule has 1 aliphatic rings. The highest BCUT2D eigenvalue weighted by atomic mass is 32.2. The fourth-order valence-electron chi connectivity index (χ4n) is 1.79. The van der Waals surface area contributed by atoms with Crippen LogP contribution in [-0.2, 0) is 13.0 Å². The molecule has 1 aliphatic heterocycles. The van der Waals surface area contributed by atoms with E-state index in [4.69, 9.17) is 10.3 Å². The molecule has 4 heteroatoms. The minimum atomic E-state index is 0.538. The third-order valence-electron chi connectivity index (χ3n) is 2.64. The largest absolute Gasteiger partial charge is 0.361 e. The van der Waals surface area contributed by atoms with Crippen LogP contribution in [0.4, 0.5) is 0 Å². The van der Waals surface area contributed by atoms with E-state index >= 15 is 0 Å². The number of hydrogen-bond donors (Lipinski definition) is 1. The molecule has 1 fully saturated rings. The van der Waals surface area contributed by atoms with Gasteiger partial charge in [0, 0.05) is 23.8 Å². The molecule has 1 unspecified atom stereocenters. The molecular formula is C10H16N2OS. The summed E-state index contributed by atoms with van der Waals surface area (Å²) in [6, 6.07) is 0. The van der Waals surface area contributed by atoms with Crippen molar-refractivity contribution in [2.75, 3.05) is 5.75 Å². The van der Waals surface area contributed by atoms with Crippen molar-refractivity contribution >= 4 is 11.8 Å². The number of aromatic nitrogens is 1. The SMILES string of the molecule is NCc1cnoc1CC1CCCCS1. The van der Waals surface area contributed by atoms with Crippen LogP contribution in [0.5, 0.6) is 0 Å². The summed E-state index contributed by atoms with van der Waals surface area (Å²) in [6.45, 7) is 0.538. The summed E-state index contributed by atoms with van der Waals surface area (Å²) >= 11 is 2.05. The van der Waals surface area contributed by atoms with Crippen molar-refractivity contribution in [3.8, 4) is 0 Å². The second-order valence-electron chi connectivity index (χ2n) is 3.67. The predicted octanol–water partition coefficient (Wildman–Crippen LogP) is 1.96. The second-order valence-corrected chi connectivity index (χ2v) is 5.08. The zero-order valence-electron chi connectivity index (χ0n) is 8.24. The molecule has 78 valence electrons. The first-order chi connectivity index (χ1) is 6.90. The summed E-state index contributed by atoms with van der Waals surface area (Å²) in [6.07, 6.45) is 6.75. The molecule has 1 saturated heterocycles. The maximum atomic E-state index is 5.59. The molecule has 0 amide bonds. The third-order valence-corrected chi connectivity index (χ3v) is 4.03. The highest BCUT2D eigenvalue weighted by Gasteiger charge is 2.18. The Hall–Kier alpha value is -0.480. The fraction of sp³-hybridized carbons (Fsp3) is 0.700. The quantitative estimate of drug-likeness (QED) is 0.832. The monoisotopic (exact) mass is 212 g/mol. The first-order valence-electron chi connectivity index (χ1n) is 5.14. The van der Waals surface area contributed by atoms with Gasteiger partial charge in [0.1, 0.15) is 5.76 Å². The minimum Gasteiger partial charge on any atom is -0.361 e. The van der Waals surface area contributed by atoms with E-state index in [1.165, 1.54) is 25.0 Å². The van der Waals surface area contributed by atoms with Gasteiger partial charge in [-0.2, -0.15) is 11.8 Å². The number of thioether (sulfide) groups is 1. The third kappa shape index (κ3) is 2.30. The highest BCUT2D eigenvalue weighted by Crippen LogP contribution is 2.28. The van der Waals surface area contributed by atoms with Gasteiger partial charge in [0.05, 0.1) is 6.20 Å². The van der Waals surface area contributed by atoms with Gasteiger partial charge < -0.3 is 10.3 Å². The van der Waals surface area contributed by atoms with Gasteiger partial charge in [-0.1, -0.05) is 11.6 Å². The molecule has 0 aliphatic carbocycles. The Balaban J connectivity index is 1.95. The Bertz CT molecular complexity index is 281. The lowest BCUT2D eigenvalue weighted by molar-refractivity contribution is 0.378. The van der Waals surface area contributed by atoms with Crippen LogP contribution in [0.3, 0.4) is 0 Å². The molecule has 0 bridgehead atoms. The normalized spacial score (nSPS) is 22.5. The lowest BCUT2D eigenvalue weighted by atomic mass is 10.1. The van der Waals surface area contributed by atoms with E-state index in [9.17, 15) is 0 Å². The first-order valence-corrected chi connectivity index (χ1v) is 6.19. The molecule has 2 N–H and O–H groups in total. The average Bonchev–Trinajstić information content (AvgIpc) is 2.67. The van der Waals surface area contributed by atoms with Crippen LogP contribution in [0, 0.1) is 0 Å². The van der Waals surface area contributed by atoms with Crippen molar-refractivity contribution in [2.45, 2.75) is 37.5 Å². The van der Waals surface area contributed by atoms with Crippen LogP contribution in [0.1, 0.15) is 30.6 Å². The number of hydrogen-bond acceptors (Lipinski definition) is 4. The minimum absolute atomic E-state index is 0.538. The van der Waals surface area contributed by atoms with Crippen LogP contribution >= 0.6 is 11.8 Å². The Labute approximate surface area is 88.4 Å². The van der Waals surface area contributed by atoms with Gasteiger partial charge in [0.15, 0.2) is 0 Å². The van der Waals surface area contributed by atoms with Crippen LogP contribution in [-0.4, -0.2) is 16.2 Å². The average molecular weight is 212 g/mol. The number of nitrogens with two attached hydrogens (primary N) is 1. The van der Waals surface area contributed by atoms with Gasteiger partial charge in [-0.15, -0.1) is 0 Å². The van der Waals surface area contributed by atoms with Gasteiger partial charge in [-0.25, -0.2) is 0 Å². The van der Waals surface area contributed by atoms with Crippen molar-refractivity contribution in [3.63, 3.8) is 0 Å². The van der Waals surface area contributed by atoms with Gasteiger partial charge in [-0.05, 0) is 18.6 Å². The number of rotatable bonds is 3. The van der Waals surface area contributed by atoms with E-state index in [-0.39, 0.29) is 0 Å². The van der Waals surface area contributed by atoms with E-state index in [1.54, 1.807) is 6.20 Å². The molecule has 0 saturated carbocycles. The highest BCUT2D eigenvalue weighted by molar-refractivity contribution is 7.99. The summed E-state index contributed by atoms with van der Waals surface area (Å²) in [5.74, 6) is 2.28. The van der Waals surface area contributed by atoms with Crippen molar-refractivity contribution < 1.29 is 4.52 Å². The summed E-state index contributed by atoms with van der Waals surface area (Å²) in [7, 11) is 0. The molecule has 1 aromatic heterocycles. The van der Waals surface area contributed by atoms with E-state index in [0.29, 0.717) is 11.8 Å². The molecule has 3 nitrogen and oxygen atoms in total. The smallest absolute Gasteiger partial charge is 0.142 e. The van der Waals surface area contributed by atoms with Crippen LogP contribution in [0.2, 0.25) is 0 Å². The zero-order chi connectivity index (χ0) is 9.80. The Morgan fingerprint density at radius 2 is 2.50 bits per heavy atom. The number of nitrogens with zero attached hydrogens (tertiary/aromatic N) is 1. The van der Waals surface area contributed by atoms with E-state index in [2.05, 4.69) is 16.9 Å². The molecule has 0 radical (unpaired) electrons. The lowest BCUT2D eigenvalue weighted by Gasteiger charge is -2.19. The van der Waals surface area contributed by atoms with Gasteiger partial charge >= 0.3 is 0 Å². The Morgan fingerprint density at radius 3 is 3.21 bits per heavy atom. The molecule has 14 heavy (non-hydrogen) atoms. The van der Waals surface area contributed by atoms with E-state index < -0.39 is 0 Å². The summed E-state index contributed by atoms with van der Waals surface area (Å²) in [5, 5.41) is 4.50. The van der Waals surface area contributed by atoms with Crippen LogP contribution < -0.4 is 5.73 Å². The predicted molar refractivity (Wildman–Crippen MR) is 58.2 cm³/mol. The van der Waals surface area contributed by atoms with Gasteiger partial charge in [0.2, 0.25) is 0 Å².